The SMILES string of the molecule is C/C=C(/Cl)CC.C/C=C\C.C=C/C(=C\C1=CSc2ccccc2C(C)=N1)C(=O)NNC(=O)Cc1ccccc1. The van der Waals surface area contributed by atoms with Gasteiger partial charge in [0.05, 0.1) is 12.1 Å². The average Bonchev–Trinajstić information content (AvgIpc) is 3.13. The second kappa shape index (κ2) is 19.5. The molecule has 1 aliphatic rings. The summed E-state index contributed by atoms with van der Waals surface area (Å²) in [4.78, 5) is 30.2. The number of carbonyl (C=O) groups is 2. The summed E-state index contributed by atoms with van der Waals surface area (Å²) in [5.74, 6) is -0.761. The van der Waals surface area contributed by atoms with E-state index in [1.165, 1.54) is 6.08 Å². The summed E-state index contributed by atoms with van der Waals surface area (Å²) in [6.45, 7) is 13.6. The molecule has 0 aliphatic carbocycles. The van der Waals surface area contributed by atoms with Gasteiger partial charge in [-0.1, -0.05) is 110 Å². The van der Waals surface area contributed by atoms with E-state index in [9.17, 15) is 9.59 Å². The molecule has 0 saturated carbocycles. The van der Waals surface area contributed by atoms with Gasteiger partial charge in [-0.15, -0.1) is 0 Å². The molecule has 206 valence electrons. The first-order valence-corrected chi connectivity index (χ1v) is 13.9. The van der Waals surface area contributed by atoms with Crippen LogP contribution < -0.4 is 10.9 Å². The molecule has 2 aromatic rings. The molecule has 2 N–H and O–H groups in total. The number of nitrogens with one attached hydrogen (secondary N) is 2. The minimum absolute atomic E-state index is 0.178. The van der Waals surface area contributed by atoms with Gasteiger partial charge in [0.25, 0.3) is 5.91 Å². The van der Waals surface area contributed by atoms with Gasteiger partial charge in [-0.25, -0.2) is 0 Å². The number of thioether (sulfide) groups is 1. The number of nitrogens with zero attached hydrogens (tertiary/aromatic N) is 1. The Bertz CT molecular complexity index is 1240. The lowest BCUT2D eigenvalue weighted by atomic mass is 10.1. The number of hydrogen-bond acceptors (Lipinski definition) is 4. The quantitative estimate of drug-likeness (QED) is 0.161. The molecule has 0 fully saturated rings. The molecule has 0 radical (unpaired) electrons. The minimum Gasteiger partial charge on any atom is -0.273 e. The first kappa shape index (κ1) is 33.4. The van der Waals surface area contributed by atoms with Crippen LogP contribution in [0.2, 0.25) is 0 Å². The third-order valence-electron chi connectivity index (χ3n) is 5.17. The van der Waals surface area contributed by atoms with Crippen LogP contribution >= 0.6 is 23.4 Å². The van der Waals surface area contributed by atoms with Gasteiger partial charge in [0.2, 0.25) is 5.91 Å². The monoisotopic (exact) mass is 563 g/mol. The molecule has 0 aromatic heterocycles. The number of benzene rings is 2. The van der Waals surface area contributed by atoms with E-state index in [4.69, 9.17) is 11.6 Å². The average molecular weight is 564 g/mol. The number of fused-ring (bicyclic) bond motifs is 1. The number of hydrazine groups is 1. The number of allylic oxidation sites excluding steroid dienone is 5. The van der Waals surface area contributed by atoms with Crippen molar-refractivity contribution in [1.82, 2.24) is 10.9 Å². The molecule has 1 heterocycles. The van der Waals surface area contributed by atoms with E-state index in [2.05, 4.69) is 22.4 Å². The van der Waals surface area contributed by atoms with Crippen molar-refractivity contribution in [2.24, 2.45) is 4.99 Å². The molecule has 0 unspecified atom stereocenters. The van der Waals surface area contributed by atoms with E-state index >= 15 is 0 Å². The number of rotatable bonds is 6. The molecule has 2 amide bonds. The van der Waals surface area contributed by atoms with Crippen molar-refractivity contribution in [2.45, 2.75) is 52.4 Å². The fourth-order valence-electron chi connectivity index (χ4n) is 2.94. The Kier molecular flexibility index (Phi) is 16.7. The van der Waals surface area contributed by atoms with Crippen LogP contribution in [0, 0.1) is 0 Å². The molecule has 0 saturated heterocycles. The van der Waals surface area contributed by atoms with Gasteiger partial charge in [-0.05, 0) is 51.8 Å². The van der Waals surface area contributed by atoms with Crippen molar-refractivity contribution < 1.29 is 9.59 Å². The third-order valence-corrected chi connectivity index (χ3v) is 6.63. The Morgan fingerprint density at radius 3 is 2.21 bits per heavy atom. The van der Waals surface area contributed by atoms with E-state index in [1.807, 2.05) is 113 Å². The van der Waals surface area contributed by atoms with Crippen LogP contribution in [0.5, 0.6) is 0 Å². The fraction of sp³-hybridized carbons (Fsp3) is 0.219. The molecule has 1 aliphatic heterocycles. The van der Waals surface area contributed by atoms with Crippen molar-refractivity contribution in [3.63, 3.8) is 0 Å². The highest BCUT2D eigenvalue weighted by molar-refractivity contribution is 8.02. The van der Waals surface area contributed by atoms with E-state index in [-0.39, 0.29) is 12.3 Å². The van der Waals surface area contributed by atoms with Crippen LogP contribution in [-0.4, -0.2) is 17.5 Å². The summed E-state index contributed by atoms with van der Waals surface area (Å²) < 4.78 is 0. The molecule has 0 spiro atoms. The van der Waals surface area contributed by atoms with Gasteiger partial charge in [0, 0.05) is 32.2 Å². The van der Waals surface area contributed by atoms with Gasteiger partial charge < -0.3 is 0 Å². The molecule has 39 heavy (non-hydrogen) atoms. The maximum Gasteiger partial charge on any atom is 0.269 e. The maximum atomic E-state index is 12.4. The zero-order valence-corrected chi connectivity index (χ0v) is 24.9. The van der Waals surface area contributed by atoms with Gasteiger partial charge in [0.15, 0.2) is 0 Å². The summed E-state index contributed by atoms with van der Waals surface area (Å²) in [6.07, 6.45) is 10.1. The maximum absolute atomic E-state index is 12.4. The van der Waals surface area contributed by atoms with Crippen molar-refractivity contribution in [2.75, 3.05) is 0 Å². The Balaban J connectivity index is 0.000000651. The largest absolute Gasteiger partial charge is 0.273 e. The van der Waals surface area contributed by atoms with Gasteiger partial charge in [-0.3, -0.25) is 25.4 Å². The van der Waals surface area contributed by atoms with Crippen LogP contribution in [0.3, 0.4) is 0 Å². The summed E-state index contributed by atoms with van der Waals surface area (Å²) in [5, 5.41) is 2.83. The van der Waals surface area contributed by atoms with E-state index < -0.39 is 5.91 Å². The molecule has 7 heteroatoms. The Morgan fingerprint density at radius 2 is 1.64 bits per heavy atom. The summed E-state index contributed by atoms with van der Waals surface area (Å²) in [6, 6.07) is 17.3. The van der Waals surface area contributed by atoms with Crippen molar-refractivity contribution in [3.05, 3.63) is 124 Å². The highest BCUT2D eigenvalue weighted by Crippen LogP contribution is 2.29. The second-order valence-corrected chi connectivity index (χ2v) is 9.47. The lowest BCUT2D eigenvalue weighted by molar-refractivity contribution is -0.126. The van der Waals surface area contributed by atoms with Crippen molar-refractivity contribution in [3.8, 4) is 0 Å². The zero-order valence-electron chi connectivity index (χ0n) is 23.3. The standard InChI is InChI=1S/C23H21N3O2S.C5H9Cl.C4H8/c1-3-18(23(28)26-25-22(27)13-17-9-5-4-6-10-17)14-19-15-29-21-12-8-7-11-20(21)16(2)24-19;1-3-5(6)4-2;1-3-4-2/h3-12,14-15H,1,13H2,2H3,(H,25,27)(H,26,28);3H,4H2,1-2H3;3-4H,1-2H3/b18-14+;5-3+;4-3-. The second-order valence-electron chi connectivity index (χ2n) is 8.08. The molecular formula is C32H38ClN3O2S. The Hall–Kier alpha value is -3.61. The lowest BCUT2D eigenvalue weighted by Crippen LogP contribution is -2.42. The smallest absolute Gasteiger partial charge is 0.269 e. The number of halogens is 1. The number of aliphatic imine (C=N–C) groups is 1. The molecular weight excluding hydrogens is 526 g/mol. The summed E-state index contributed by atoms with van der Waals surface area (Å²) >= 11 is 7.06. The first-order valence-electron chi connectivity index (χ1n) is 12.7. The van der Waals surface area contributed by atoms with Gasteiger partial charge >= 0.3 is 0 Å². The normalized spacial score (nSPS) is 12.8. The van der Waals surface area contributed by atoms with Crippen LogP contribution in [0.4, 0.5) is 0 Å². The Morgan fingerprint density at radius 1 is 1.00 bits per heavy atom. The van der Waals surface area contributed by atoms with Gasteiger partial charge in [-0.2, -0.15) is 0 Å². The number of hydrogen-bond donors (Lipinski definition) is 2. The van der Waals surface area contributed by atoms with Gasteiger partial charge in [0.1, 0.15) is 0 Å². The molecule has 0 atom stereocenters. The van der Waals surface area contributed by atoms with E-state index in [0.717, 1.165) is 33.2 Å². The van der Waals surface area contributed by atoms with Crippen LogP contribution in [-0.2, 0) is 16.0 Å². The van der Waals surface area contributed by atoms with Crippen molar-refractivity contribution >= 4 is 40.9 Å². The van der Waals surface area contributed by atoms with Crippen LogP contribution in [0.15, 0.2) is 123 Å². The number of carbonyl (C=O) groups excluding carboxylic acids is 2. The molecule has 3 rings (SSSR count). The highest BCUT2D eigenvalue weighted by Gasteiger charge is 2.12. The van der Waals surface area contributed by atoms with E-state index in [1.54, 1.807) is 17.8 Å². The summed E-state index contributed by atoms with van der Waals surface area (Å²) in [5.41, 5.74) is 8.60. The highest BCUT2D eigenvalue weighted by atomic mass is 35.5. The zero-order chi connectivity index (χ0) is 29.0. The predicted molar refractivity (Wildman–Crippen MR) is 168 cm³/mol. The molecule has 5 nitrogen and oxygen atoms in total. The van der Waals surface area contributed by atoms with Crippen LogP contribution in [0.25, 0.3) is 0 Å². The lowest BCUT2D eigenvalue weighted by Gasteiger charge is -2.08. The number of amides is 2. The first-order chi connectivity index (χ1) is 18.8. The van der Waals surface area contributed by atoms with Crippen molar-refractivity contribution in [1.29, 1.82) is 0 Å². The topological polar surface area (TPSA) is 70.6 Å². The van der Waals surface area contributed by atoms with E-state index in [0.29, 0.717) is 11.3 Å². The summed E-state index contributed by atoms with van der Waals surface area (Å²) in [7, 11) is 0. The predicted octanol–water partition coefficient (Wildman–Crippen LogP) is 8.07. The Labute approximate surface area is 242 Å². The third kappa shape index (κ3) is 13.1. The molecule has 2 aromatic carbocycles. The minimum atomic E-state index is -0.457. The molecule has 0 bridgehead atoms. The fourth-order valence-corrected chi connectivity index (χ4v) is 3.81. The van der Waals surface area contributed by atoms with Crippen LogP contribution in [0.1, 0.15) is 52.2 Å².